The van der Waals surface area contributed by atoms with Gasteiger partial charge in [0.25, 0.3) is 0 Å². The fourth-order valence-electron chi connectivity index (χ4n) is 2.72. The number of Topliss-reactive ketones (excluding diaryl/α,β-unsaturated/α-hetero) is 1. The number of furan rings is 1. The quantitative estimate of drug-likeness (QED) is 0.803. The second kappa shape index (κ2) is 5.77. The highest BCUT2D eigenvalue weighted by molar-refractivity contribution is 6.08. The number of para-hydroxylation sites is 1. The van der Waals surface area contributed by atoms with Crippen molar-refractivity contribution >= 4 is 16.8 Å². The Bertz CT molecular complexity index is 611. The number of aryl methyl sites for hydroxylation is 1. The van der Waals surface area contributed by atoms with Crippen LogP contribution in [0.25, 0.3) is 11.0 Å². The summed E-state index contributed by atoms with van der Waals surface area (Å²) in [5, 5.41) is 0.928. The van der Waals surface area contributed by atoms with E-state index in [9.17, 15) is 4.79 Å². The van der Waals surface area contributed by atoms with E-state index in [-0.39, 0.29) is 5.78 Å². The molecule has 4 heteroatoms. The van der Waals surface area contributed by atoms with Crippen molar-refractivity contribution in [3.05, 3.63) is 35.6 Å². The van der Waals surface area contributed by atoms with Crippen molar-refractivity contribution < 1.29 is 13.9 Å². The highest BCUT2D eigenvalue weighted by Crippen LogP contribution is 2.26. The number of carbonyl (C=O) groups excluding carboxylic acids is 1. The second-order valence-corrected chi connectivity index (χ2v) is 5.16. The summed E-state index contributed by atoms with van der Waals surface area (Å²) in [4.78, 5) is 14.7. The number of ether oxygens (including phenoxy) is 1. The molecule has 1 aliphatic heterocycles. The minimum atomic E-state index is 0.166. The molecule has 1 aromatic heterocycles. The first-order chi connectivity index (χ1) is 9.75. The van der Waals surface area contributed by atoms with Crippen LogP contribution in [0.15, 0.2) is 28.7 Å². The maximum Gasteiger partial charge on any atom is 0.168 e. The minimum absolute atomic E-state index is 0.166. The van der Waals surface area contributed by atoms with Gasteiger partial charge < -0.3 is 9.15 Å². The van der Waals surface area contributed by atoms with Gasteiger partial charge in [-0.1, -0.05) is 18.2 Å². The summed E-state index contributed by atoms with van der Waals surface area (Å²) in [6, 6.07) is 7.72. The van der Waals surface area contributed by atoms with Crippen LogP contribution in [0.4, 0.5) is 0 Å². The predicted molar refractivity (Wildman–Crippen MR) is 77.2 cm³/mol. The van der Waals surface area contributed by atoms with Crippen LogP contribution in [0.1, 0.15) is 22.5 Å². The van der Waals surface area contributed by atoms with Gasteiger partial charge in [0.2, 0.25) is 0 Å². The summed E-state index contributed by atoms with van der Waals surface area (Å²) >= 11 is 0. The number of ketones is 1. The molecule has 0 bridgehead atoms. The molecule has 0 atom stereocenters. The maximum atomic E-state index is 12.5. The molecular weight excluding hydrogens is 254 g/mol. The monoisotopic (exact) mass is 273 g/mol. The van der Waals surface area contributed by atoms with Crippen LogP contribution in [0.2, 0.25) is 0 Å². The van der Waals surface area contributed by atoms with Crippen LogP contribution in [0, 0.1) is 6.92 Å². The molecule has 0 aliphatic carbocycles. The Hall–Kier alpha value is -1.65. The Labute approximate surface area is 118 Å². The summed E-state index contributed by atoms with van der Waals surface area (Å²) in [5.41, 5.74) is 1.54. The van der Waals surface area contributed by atoms with E-state index in [0.717, 1.165) is 55.1 Å². The van der Waals surface area contributed by atoms with E-state index in [1.54, 1.807) is 0 Å². The van der Waals surface area contributed by atoms with Crippen molar-refractivity contribution in [3.8, 4) is 0 Å². The van der Waals surface area contributed by atoms with Crippen molar-refractivity contribution in [2.24, 2.45) is 0 Å². The molecule has 0 unspecified atom stereocenters. The Balaban J connectivity index is 1.73. The fraction of sp³-hybridized carbons (Fsp3) is 0.438. The van der Waals surface area contributed by atoms with E-state index >= 15 is 0 Å². The summed E-state index contributed by atoms with van der Waals surface area (Å²) < 4.78 is 11.0. The summed E-state index contributed by atoms with van der Waals surface area (Å²) in [6.45, 7) is 6.02. The third-order valence-electron chi connectivity index (χ3n) is 3.81. The number of benzene rings is 1. The standard InChI is InChI=1S/C16H19NO3/c1-12-16(13-4-2-3-5-15(13)20-12)14(18)6-7-17-8-10-19-11-9-17/h2-5H,6-11H2,1H3. The average molecular weight is 273 g/mol. The zero-order valence-corrected chi connectivity index (χ0v) is 11.7. The number of carbonyl (C=O) groups is 1. The number of fused-ring (bicyclic) bond motifs is 1. The van der Waals surface area contributed by atoms with Crippen molar-refractivity contribution in [2.45, 2.75) is 13.3 Å². The highest BCUT2D eigenvalue weighted by atomic mass is 16.5. The number of nitrogens with zero attached hydrogens (tertiary/aromatic N) is 1. The molecule has 0 radical (unpaired) electrons. The summed E-state index contributed by atoms with van der Waals surface area (Å²) in [5.74, 6) is 0.886. The van der Waals surface area contributed by atoms with Gasteiger partial charge in [0, 0.05) is 31.4 Å². The molecule has 0 saturated carbocycles. The van der Waals surface area contributed by atoms with Gasteiger partial charge >= 0.3 is 0 Å². The molecule has 1 aliphatic rings. The Kier molecular flexibility index (Phi) is 3.85. The number of rotatable bonds is 4. The zero-order valence-electron chi connectivity index (χ0n) is 11.7. The van der Waals surface area contributed by atoms with E-state index < -0.39 is 0 Å². The van der Waals surface area contributed by atoms with Crippen LogP contribution in [-0.2, 0) is 4.74 Å². The van der Waals surface area contributed by atoms with Crippen LogP contribution in [0.5, 0.6) is 0 Å². The molecule has 1 fully saturated rings. The molecule has 0 amide bonds. The van der Waals surface area contributed by atoms with E-state index in [1.165, 1.54) is 0 Å². The lowest BCUT2D eigenvalue weighted by atomic mass is 10.0. The van der Waals surface area contributed by atoms with Crippen LogP contribution < -0.4 is 0 Å². The molecule has 20 heavy (non-hydrogen) atoms. The van der Waals surface area contributed by atoms with Crippen LogP contribution in [-0.4, -0.2) is 43.5 Å². The Morgan fingerprint density at radius 3 is 2.80 bits per heavy atom. The predicted octanol–water partition coefficient (Wildman–Crippen LogP) is 2.65. The van der Waals surface area contributed by atoms with E-state index in [0.29, 0.717) is 6.42 Å². The van der Waals surface area contributed by atoms with Gasteiger partial charge in [0.1, 0.15) is 11.3 Å². The van der Waals surface area contributed by atoms with Crippen LogP contribution >= 0.6 is 0 Å². The molecule has 1 saturated heterocycles. The average Bonchev–Trinajstić information content (AvgIpc) is 2.82. The lowest BCUT2D eigenvalue weighted by Crippen LogP contribution is -2.37. The van der Waals surface area contributed by atoms with Gasteiger partial charge in [0.15, 0.2) is 5.78 Å². The van der Waals surface area contributed by atoms with Crippen molar-refractivity contribution in [1.82, 2.24) is 4.90 Å². The van der Waals surface area contributed by atoms with Gasteiger partial charge in [-0.3, -0.25) is 9.69 Å². The van der Waals surface area contributed by atoms with Gasteiger partial charge in [-0.05, 0) is 13.0 Å². The molecule has 106 valence electrons. The first kappa shape index (κ1) is 13.3. The lowest BCUT2D eigenvalue weighted by Gasteiger charge is -2.26. The highest BCUT2D eigenvalue weighted by Gasteiger charge is 2.19. The zero-order chi connectivity index (χ0) is 13.9. The first-order valence-electron chi connectivity index (χ1n) is 7.07. The Morgan fingerprint density at radius 2 is 2.00 bits per heavy atom. The molecule has 0 N–H and O–H groups in total. The normalized spacial score (nSPS) is 16.6. The largest absolute Gasteiger partial charge is 0.461 e. The number of morpholine rings is 1. The first-order valence-corrected chi connectivity index (χ1v) is 7.07. The molecular formula is C16H19NO3. The Morgan fingerprint density at radius 1 is 1.25 bits per heavy atom. The van der Waals surface area contributed by atoms with E-state index in [2.05, 4.69) is 4.90 Å². The van der Waals surface area contributed by atoms with Crippen molar-refractivity contribution in [2.75, 3.05) is 32.8 Å². The van der Waals surface area contributed by atoms with Gasteiger partial charge in [-0.2, -0.15) is 0 Å². The van der Waals surface area contributed by atoms with Gasteiger partial charge in [-0.25, -0.2) is 0 Å². The van der Waals surface area contributed by atoms with Gasteiger partial charge in [-0.15, -0.1) is 0 Å². The minimum Gasteiger partial charge on any atom is -0.461 e. The second-order valence-electron chi connectivity index (χ2n) is 5.16. The summed E-state index contributed by atoms with van der Waals surface area (Å²) in [7, 11) is 0. The fourth-order valence-corrected chi connectivity index (χ4v) is 2.72. The maximum absolute atomic E-state index is 12.5. The van der Waals surface area contributed by atoms with Crippen molar-refractivity contribution in [1.29, 1.82) is 0 Å². The lowest BCUT2D eigenvalue weighted by molar-refractivity contribution is 0.0370. The third kappa shape index (κ3) is 2.62. The third-order valence-corrected chi connectivity index (χ3v) is 3.81. The topological polar surface area (TPSA) is 42.7 Å². The number of hydrogen-bond donors (Lipinski definition) is 0. The smallest absolute Gasteiger partial charge is 0.168 e. The molecule has 4 nitrogen and oxygen atoms in total. The van der Waals surface area contributed by atoms with Gasteiger partial charge in [0.05, 0.1) is 18.8 Å². The van der Waals surface area contributed by atoms with Crippen LogP contribution in [0.3, 0.4) is 0 Å². The van der Waals surface area contributed by atoms with E-state index in [4.69, 9.17) is 9.15 Å². The molecule has 2 aromatic rings. The molecule has 2 heterocycles. The van der Waals surface area contributed by atoms with E-state index in [1.807, 2.05) is 31.2 Å². The SMILES string of the molecule is Cc1oc2ccccc2c1C(=O)CCN1CCOCC1. The molecule has 0 spiro atoms. The summed E-state index contributed by atoms with van der Waals surface area (Å²) in [6.07, 6.45) is 0.532. The number of hydrogen-bond acceptors (Lipinski definition) is 4. The molecule has 1 aromatic carbocycles. The molecule has 3 rings (SSSR count). The van der Waals surface area contributed by atoms with Crippen molar-refractivity contribution in [3.63, 3.8) is 0 Å².